The summed E-state index contributed by atoms with van der Waals surface area (Å²) >= 11 is 0. The van der Waals surface area contributed by atoms with Crippen molar-refractivity contribution in [2.45, 2.75) is 69.4 Å². The summed E-state index contributed by atoms with van der Waals surface area (Å²) in [5.74, 6) is -0.889. The molecule has 5 nitrogen and oxygen atoms in total. The first kappa shape index (κ1) is 14.2. The Labute approximate surface area is 114 Å². The molecule has 0 spiro atoms. The topological polar surface area (TPSA) is 69.6 Å². The van der Waals surface area contributed by atoms with E-state index in [2.05, 4.69) is 5.32 Å². The molecular formula is C14H24N2O3. The van der Waals surface area contributed by atoms with E-state index in [-0.39, 0.29) is 12.1 Å². The van der Waals surface area contributed by atoms with Crippen molar-refractivity contribution < 1.29 is 14.7 Å². The van der Waals surface area contributed by atoms with Crippen molar-refractivity contribution in [2.75, 3.05) is 7.05 Å². The maximum absolute atomic E-state index is 12.3. The lowest BCUT2D eigenvalue weighted by molar-refractivity contribution is -0.146. The highest BCUT2D eigenvalue weighted by Gasteiger charge is 2.42. The number of nitrogens with zero attached hydrogens (tertiary/aromatic N) is 1. The number of rotatable bonds is 3. The van der Waals surface area contributed by atoms with Crippen LogP contribution >= 0.6 is 0 Å². The van der Waals surface area contributed by atoms with Gasteiger partial charge in [0.2, 0.25) is 0 Å². The molecule has 2 aliphatic carbocycles. The van der Waals surface area contributed by atoms with Crippen molar-refractivity contribution in [3.8, 4) is 0 Å². The Bertz CT molecular complexity index is 345. The molecule has 2 N–H and O–H groups in total. The first-order chi connectivity index (χ1) is 9.05. The van der Waals surface area contributed by atoms with Crippen molar-refractivity contribution in [3.63, 3.8) is 0 Å². The van der Waals surface area contributed by atoms with Crippen LogP contribution in [0, 0.1) is 0 Å². The predicted molar refractivity (Wildman–Crippen MR) is 72.0 cm³/mol. The summed E-state index contributed by atoms with van der Waals surface area (Å²) in [6, 6.07) is 0.0469. The molecule has 0 aromatic carbocycles. The Kier molecular flexibility index (Phi) is 4.32. The predicted octanol–water partition coefficient (Wildman–Crippen LogP) is 2.36. The molecule has 0 aliphatic heterocycles. The summed E-state index contributed by atoms with van der Waals surface area (Å²) in [5, 5.41) is 12.2. The molecule has 108 valence electrons. The van der Waals surface area contributed by atoms with Crippen LogP contribution < -0.4 is 5.32 Å². The molecule has 0 atom stereocenters. The number of carboxylic acid groups (broad SMARTS) is 1. The maximum atomic E-state index is 12.3. The third-order valence-electron chi connectivity index (χ3n) is 4.66. The molecule has 2 rings (SSSR count). The molecule has 5 heteroatoms. The van der Waals surface area contributed by atoms with Gasteiger partial charge in [-0.15, -0.1) is 0 Å². The van der Waals surface area contributed by atoms with Gasteiger partial charge in [0.05, 0.1) is 0 Å². The van der Waals surface area contributed by atoms with Gasteiger partial charge in [-0.2, -0.15) is 0 Å². The number of carbonyl (C=O) groups is 2. The summed E-state index contributed by atoms with van der Waals surface area (Å²) in [6.45, 7) is 0. The van der Waals surface area contributed by atoms with Crippen LogP contribution in [-0.4, -0.2) is 40.6 Å². The first-order valence-electron chi connectivity index (χ1n) is 7.33. The van der Waals surface area contributed by atoms with Crippen LogP contribution in [0.5, 0.6) is 0 Å². The van der Waals surface area contributed by atoms with E-state index in [9.17, 15) is 14.7 Å². The van der Waals surface area contributed by atoms with Crippen LogP contribution in [0.25, 0.3) is 0 Å². The van der Waals surface area contributed by atoms with Crippen LogP contribution in [0.4, 0.5) is 4.79 Å². The molecule has 2 saturated carbocycles. The molecule has 0 aromatic rings. The first-order valence-corrected chi connectivity index (χ1v) is 7.33. The molecule has 0 aromatic heterocycles. The Hall–Kier alpha value is -1.26. The molecule has 2 aliphatic rings. The van der Waals surface area contributed by atoms with Crippen LogP contribution in [0.2, 0.25) is 0 Å². The fourth-order valence-corrected chi connectivity index (χ4v) is 3.30. The van der Waals surface area contributed by atoms with Gasteiger partial charge in [-0.05, 0) is 25.7 Å². The smallest absolute Gasteiger partial charge is 0.329 e. The number of nitrogens with one attached hydrogen (secondary N) is 1. The number of hydrogen-bond donors (Lipinski definition) is 2. The standard InChI is InChI=1S/C14H24N2O3/c1-16(11-7-3-4-8-11)13(19)15-14(12(17)18)9-5-2-6-10-14/h11H,2-10H2,1H3,(H,15,19)(H,17,18). The third kappa shape index (κ3) is 3.01. The van der Waals surface area contributed by atoms with Crippen LogP contribution in [0.1, 0.15) is 57.8 Å². The molecule has 19 heavy (non-hydrogen) atoms. The lowest BCUT2D eigenvalue weighted by atomic mass is 9.82. The fourth-order valence-electron chi connectivity index (χ4n) is 3.30. The van der Waals surface area contributed by atoms with Crippen molar-refractivity contribution >= 4 is 12.0 Å². The zero-order chi connectivity index (χ0) is 13.9. The number of carbonyl (C=O) groups excluding carboxylic acids is 1. The normalized spacial score (nSPS) is 23.0. The van der Waals surface area contributed by atoms with E-state index in [1.54, 1.807) is 11.9 Å². The molecule has 0 bridgehead atoms. The van der Waals surface area contributed by atoms with E-state index in [0.29, 0.717) is 12.8 Å². The number of aliphatic carboxylic acids is 1. The minimum absolute atomic E-state index is 0.226. The molecule has 0 saturated heterocycles. The summed E-state index contributed by atoms with van der Waals surface area (Å²) in [6.07, 6.45) is 8.29. The largest absolute Gasteiger partial charge is 0.480 e. The van der Waals surface area contributed by atoms with Gasteiger partial charge in [0, 0.05) is 13.1 Å². The molecule has 0 radical (unpaired) electrons. The van der Waals surface area contributed by atoms with Crippen LogP contribution in [0.15, 0.2) is 0 Å². The Morgan fingerprint density at radius 2 is 1.68 bits per heavy atom. The van der Waals surface area contributed by atoms with Crippen molar-refractivity contribution in [1.82, 2.24) is 10.2 Å². The number of amides is 2. The summed E-state index contributed by atoms with van der Waals surface area (Å²) in [4.78, 5) is 25.5. The highest BCUT2D eigenvalue weighted by atomic mass is 16.4. The Balaban J connectivity index is 2.00. The van der Waals surface area contributed by atoms with Gasteiger partial charge in [-0.25, -0.2) is 9.59 Å². The van der Waals surface area contributed by atoms with Gasteiger partial charge in [-0.1, -0.05) is 32.1 Å². The maximum Gasteiger partial charge on any atom is 0.329 e. The quantitative estimate of drug-likeness (QED) is 0.825. The minimum Gasteiger partial charge on any atom is -0.480 e. The fraction of sp³-hybridized carbons (Fsp3) is 0.857. The number of hydrogen-bond acceptors (Lipinski definition) is 2. The second-order valence-corrected chi connectivity index (χ2v) is 5.93. The van der Waals surface area contributed by atoms with E-state index in [1.807, 2.05) is 0 Å². The molecule has 0 heterocycles. The van der Waals surface area contributed by atoms with Gasteiger partial charge >= 0.3 is 12.0 Å². The van der Waals surface area contributed by atoms with Gasteiger partial charge in [0.25, 0.3) is 0 Å². The lowest BCUT2D eigenvalue weighted by Gasteiger charge is -2.36. The SMILES string of the molecule is CN(C(=O)NC1(C(=O)O)CCCCC1)C1CCCC1. The van der Waals surface area contributed by atoms with E-state index in [0.717, 1.165) is 44.9 Å². The molecule has 0 unspecified atom stereocenters. The van der Waals surface area contributed by atoms with E-state index >= 15 is 0 Å². The minimum atomic E-state index is -1.04. The lowest BCUT2D eigenvalue weighted by Crippen LogP contribution is -2.59. The van der Waals surface area contributed by atoms with Crippen molar-refractivity contribution in [2.24, 2.45) is 0 Å². The highest BCUT2D eigenvalue weighted by molar-refractivity contribution is 5.86. The van der Waals surface area contributed by atoms with E-state index < -0.39 is 11.5 Å². The van der Waals surface area contributed by atoms with Gasteiger partial charge < -0.3 is 15.3 Å². The zero-order valence-electron chi connectivity index (χ0n) is 11.7. The van der Waals surface area contributed by atoms with Gasteiger partial charge in [0.1, 0.15) is 5.54 Å². The zero-order valence-corrected chi connectivity index (χ0v) is 11.7. The van der Waals surface area contributed by atoms with Gasteiger partial charge in [0.15, 0.2) is 0 Å². The number of carboxylic acids is 1. The highest BCUT2D eigenvalue weighted by Crippen LogP contribution is 2.29. The average molecular weight is 268 g/mol. The van der Waals surface area contributed by atoms with Gasteiger partial charge in [-0.3, -0.25) is 0 Å². The Morgan fingerprint density at radius 1 is 1.11 bits per heavy atom. The number of urea groups is 1. The second-order valence-electron chi connectivity index (χ2n) is 5.93. The average Bonchev–Trinajstić information content (AvgIpc) is 2.92. The summed E-state index contributed by atoms with van der Waals surface area (Å²) in [5.41, 5.74) is -1.04. The van der Waals surface area contributed by atoms with Crippen LogP contribution in [-0.2, 0) is 4.79 Å². The summed E-state index contributed by atoms with van der Waals surface area (Å²) in [7, 11) is 1.78. The molecular weight excluding hydrogens is 244 g/mol. The third-order valence-corrected chi connectivity index (χ3v) is 4.66. The van der Waals surface area contributed by atoms with Crippen molar-refractivity contribution in [1.29, 1.82) is 0 Å². The Morgan fingerprint density at radius 3 is 2.21 bits per heavy atom. The molecule has 2 fully saturated rings. The van der Waals surface area contributed by atoms with E-state index in [4.69, 9.17) is 0 Å². The van der Waals surface area contributed by atoms with E-state index in [1.165, 1.54) is 0 Å². The molecule has 2 amide bonds. The van der Waals surface area contributed by atoms with Crippen LogP contribution in [0.3, 0.4) is 0 Å². The second kappa shape index (κ2) is 5.80. The summed E-state index contributed by atoms with van der Waals surface area (Å²) < 4.78 is 0. The van der Waals surface area contributed by atoms with Crippen molar-refractivity contribution in [3.05, 3.63) is 0 Å². The monoisotopic (exact) mass is 268 g/mol.